The fourth-order valence-electron chi connectivity index (χ4n) is 1.90. The third kappa shape index (κ3) is 4.99. The van der Waals surface area contributed by atoms with E-state index < -0.39 is 11.4 Å². The molecule has 24 heavy (non-hydrogen) atoms. The standard InChI is InChI=1S/C17H17F3N2OS/c1-11(14-7-5-4-6-8-14)9-16(24-12(2)17(18,19)20)15-10-23-22-13(3)21-15/h4-9,12H,1,10H2,2-3H3/b16-9-. The molecule has 1 unspecified atom stereocenters. The van der Waals surface area contributed by atoms with E-state index in [-0.39, 0.29) is 6.61 Å². The van der Waals surface area contributed by atoms with Gasteiger partial charge >= 0.3 is 6.18 Å². The lowest BCUT2D eigenvalue weighted by atomic mass is 10.1. The molecule has 0 bridgehead atoms. The summed E-state index contributed by atoms with van der Waals surface area (Å²) >= 11 is 0.693. The lowest BCUT2D eigenvalue weighted by Crippen LogP contribution is -2.24. The van der Waals surface area contributed by atoms with Crippen LogP contribution in [-0.2, 0) is 4.84 Å². The summed E-state index contributed by atoms with van der Waals surface area (Å²) in [6.07, 6.45) is -2.69. The van der Waals surface area contributed by atoms with Gasteiger partial charge in [-0.2, -0.15) is 13.2 Å². The van der Waals surface area contributed by atoms with Crippen molar-refractivity contribution >= 4 is 28.9 Å². The zero-order valence-electron chi connectivity index (χ0n) is 13.3. The van der Waals surface area contributed by atoms with Crippen LogP contribution >= 0.6 is 11.8 Å². The maximum atomic E-state index is 12.9. The number of nitrogens with zero attached hydrogens (tertiary/aromatic N) is 2. The van der Waals surface area contributed by atoms with Crippen LogP contribution in [0.4, 0.5) is 13.2 Å². The number of rotatable bonds is 5. The van der Waals surface area contributed by atoms with Crippen molar-refractivity contribution in [1.29, 1.82) is 0 Å². The molecule has 0 aromatic heterocycles. The molecule has 7 heteroatoms. The number of alkyl halides is 3. The zero-order valence-corrected chi connectivity index (χ0v) is 14.1. The first-order valence-electron chi connectivity index (χ1n) is 7.21. The van der Waals surface area contributed by atoms with Crippen LogP contribution < -0.4 is 0 Å². The Morgan fingerprint density at radius 1 is 1.33 bits per heavy atom. The first kappa shape index (κ1) is 18.3. The number of allylic oxidation sites excluding steroid dienone is 2. The average Bonchev–Trinajstić information content (AvgIpc) is 2.54. The highest BCUT2D eigenvalue weighted by Gasteiger charge is 2.37. The fourth-order valence-corrected chi connectivity index (χ4v) is 2.86. The van der Waals surface area contributed by atoms with Gasteiger partial charge in [0.15, 0.2) is 12.4 Å². The Morgan fingerprint density at radius 2 is 2.00 bits per heavy atom. The van der Waals surface area contributed by atoms with Crippen LogP contribution in [0.3, 0.4) is 0 Å². The van der Waals surface area contributed by atoms with Gasteiger partial charge < -0.3 is 4.84 Å². The van der Waals surface area contributed by atoms with E-state index in [1.807, 2.05) is 30.3 Å². The molecule has 0 saturated carbocycles. The van der Waals surface area contributed by atoms with Crippen LogP contribution in [0, 0.1) is 0 Å². The fraction of sp³-hybridized carbons (Fsp3) is 0.294. The molecular formula is C17H17F3N2OS. The van der Waals surface area contributed by atoms with E-state index in [9.17, 15) is 13.2 Å². The number of aliphatic imine (C=N–C) groups is 1. The van der Waals surface area contributed by atoms with Crippen molar-refractivity contribution in [2.45, 2.75) is 25.3 Å². The molecule has 0 radical (unpaired) electrons. The second-order valence-corrected chi connectivity index (χ2v) is 6.55. The van der Waals surface area contributed by atoms with Crippen LogP contribution in [-0.4, -0.2) is 29.6 Å². The van der Waals surface area contributed by atoms with Crippen LogP contribution in [0.5, 0.6) is 0 Å². The largest absolute Gasteiger partial charge is 0.400 e. The highest BCUT2D eigenvalue weighted by molar-refractivity contribution is 8.04. The number of hydrogen-bond donors (Lipinski definition) is 0. The minimum absolute atomic E-state index is 0.0306. The second-order valence-electron chi connectivity index (χ2n) is 5.17. The highest BCUT2D eigenvalue weighted by atomic mass is 32.2. The van der Waals surface area contributed by atoms with Gasteiger partial charge in [0, 0.05) is 4.91 Å². The second kappa shape index (κ2) is 7.70. The molecular weight excluding hydrogens is 337 g/mol. The van der Waals surface area contributed by atoms with Crippen molar-refractivity contribution in [2.24, 2.45) is 10.1 Å². The molecule has 0 spiro atoms. The average molecular weight is 354 g/mol. The van der Waals surface area contributed by atoms with E-state index >= 15 is 0 Å². The Hall–Kier alpha value is -2.02. The molecule has 1 aromatic carbocycles. The summed E-state index contributed by atoms with van der Waals surface area (Å²) in [6.45, 7) is 6.73. The Balaban J connectivity index is 2.34. The van der Waals surface area contributed by atoms with E-state index in [0.29, 0.717) is 33.8 Å². The third-order valence-corrected chi connectivity index (χ3v) is 4.42. The summed E-state index contributed by atoms with van der Waals surface area (Å²) in [6, 6.07) is 9.25. The van der Waals surface area contributed by atoms with Crippen LogP contribution in [0.1, 0.15) is 19.4 Å². The zero-order chi connectivity index (χ0) is 17.7. The molecule has 1 atom stereocenters. The van der Waals surface area contributed by atoms with E-state index in [4.69, 9.17) is 4.84 Å². The normalized spacial score (nSPS) is 16.8. The summed E-state index contributed by atoms with van der Waals surface area (Å²) < 4.78 is 38.8. The predicted molar refractivity (Wildman–Crippen MR) is 93.2 cm³/mol. The molecule has 1 aliphatic rings. The summed E-state index contributed by atoms with van der Waals surface area (Å²) in [7, 11) is 0. The summed E-state index contributed by atoms with van der Waals surface area (Å²) in [5.74, 6) is 0.368. The molecule has 0 saturated heterocycles. The minimum atomic E-state index is -4.31. The number of halogens is 3. The van der Waals surface area contributed by atoms with Crippen molar-refractivity contribution in [2.75, 3.05) is 6.61 Å². The smallest absolute Gasteiger partial charge is 0.388 e. The molecule has 1 heterocycles. The van der Waals surface area contributed by atoms with E-state index in [1.54, 1.807) is 13.0 Å². The van der Waals surface area contributed by atoms with Crippen LogP contribution in [0.2, 0.25) is 0 Å². The molecule has 0 amide bonds. The highest BCUT2D eigenvalue weighted by Crippen LogP contribution is 2.36. The van der Waals surface area contributed by atoms with Gasteiger partial charge in [0.1, 0.15) is 5.25 Å². The SMILES string of the molecule is C=C(/C=C(\SC(C)C(F)(F)F)C1=NC(C)=NOC1)c1ccccc1. The molecule has 3 nitrogen and oxygen atoms in total. The van der Waals surface area contributed by atoms with Gasteiger partial charge in [0.05, 0.1) is 5.71 Å². The Bertz CT molecular complexity index is 694. The van der Waals surface area contributed by atoms with Crippen LogP contribution in [0.25, 0.3) is 5.57 Å². The molecule has 128 valence electrons. The predicted octanol–water partition coefficient (Wildman–Crippen LogP) is 5.07. The number of hydrogen-bond acceptors (Lipinski definition) is 4. The number of amidine groups is 1. The summed E-state index contributed by atoms with van der Waals surface area (Å²) in [5.41, 5.74) is 1.86. The van der Waals surface area contributed by atoms with Gasteiger partial charge in [0.25, 0.3) is 0 Å². The molecule has 2 rings (SSSR count). The van der Waals surface area contributed by atoms with Crippen LogP contribution in [0.15, 0.2) is 58.0 Å². The maximum Gasteiger partial charge on any atom is 0.400 e. The summed E-state index contributed by atoms with van der Waals surface area (Å²) in [5, 5.41) is 2.10. The van der Waals surface area contributed by atoms with Crippen molar-refractivity contribution in [3.8, 4) is 0 Å². The van der Waals surface area contributed by atoms with Gasteiger partial charge in [-0.1, -0.05) is 42.1 Å². The van der Waals surface area contributed by atoms with Gasteiger partial charge in [-0.25, -0.2) is 4.99 Å². The Morgan fingerprint density at radius 3 is 2.58 bits per heavy atom. The maximum absolute atomic E-state index is 12.9. The molecule has 0 aliphatic carbocycles. The summed E-state index contributed by atoms with van der Waals surface area (Å²) in [4.78, 5) is 9.61. The molecule has 1 aromatic rings. The van der Waals surface area contributed by atoms with Gasteiger partial charge in [-0.05, 0) is 31.1 Å². The Kier molecular flexibility index (Phi) is 5.88. The first-order valence-corrected chi connectivity index (χ1v) is 8.09. The molecule has 1 aliphatic heterocycles. The minimum Gasteiger partial charge on any atom is -0.388 e. The van der Waals surface area contributed by atoms with Gasteiger partial charge in [0.2, 0.25) is 0 Å². The van der Waals surface area contributed by atoms with Crippen molar-refractivity contribution in [3.05, 3.63) is 53.5 Å². The number of benzene rings is 1. The Labute approximate surface area is 143 Å². The van der Waals surface area contributed by atoms with Crippen molar-refractivity contribution in [1.82, 2.24) is 0 Å². The monoisotopic (exact) mass is 354 g/mol. The number of thioether (sulfide) groups is 1. The quantitative estimate of drug-likeness (QED) is 0.692. The first-order chi connectivity index (χ1) is 11.3. The lowest BCUT2D eigenvalue weighted by molar-refractivity contribution is -0.125. The van der Waals surface area contributed by atoms with E-state index in [2.05, 4.69) is 16.7 Å². The molecule has 0 fully saturated rings. The van der Waals surface area contributed by atoms with Crippen molar-refractivity contribution in [3.63, 3.8) is 0 Å². The molecule has 0 N–H and O–H groups in total. The topological polar surface area (TPSA) is 34.0 Å². The van der Waals surface area contributed by atoms with Gasteiger partial charge in [-0.3, -0.25) is 0 Å². The lowest BCUT2D eigenvalue weighted by Gasteiger charge is -2.19. The van der Waals surface area contributed by atoms with E-state index in [0.717, 1.165) is 12.5 Å². The van der Waals surface area contributed by atoms with E-state index in [1.165, 1.54) is 0 Å². The number of oxime groups is 1. The van der Waals surface area contributed by atoms with Gasteiger partial charge in [-0.15, -0.1) is 11.8 Å². The van der Waals surface area contributed by atoms with Crippen molar-refractivity contribution < 1.29 is 18.0 Å². The third-order valence-electron chi connectivity index (χ3n) is 3.19.